The number of nitrogens with two attached hydrogens (primary N) is 1. The summed E-state index contributed by atoms with van der Waals surface area (Å²) in [6, 6.07) is 7.12. The molecule has 0 heterocycles. The number of hydrogen-bond donors (Lipinski definition) is 2. The molecule has 1 aromatic rings. The van der Waals surface area contributed by atoms with Crippen LogP contribution < -0.4 is 5.73 Å². The summed E-state index contributed by atoms with van der Waals surface area (Å²) >= 11 is 0. The van der Waals surface area contributed by atoms with Gasteiger partial charge >= 0.3 is 0 Å². The Morgan fingerprint density at radius 2 is 1.87 bits per heavy atom. The zero-order chi connectivity index (χ0) is 11.5. The van der Waals surface area contributed by atoms with Crippen LogP contribution in [-0.4, -0.2) is 24.8 Å². The van der Waals surface area contributed by atoms with Crippen molar-refractivity contribution in [3.63, 3.8) is 0 Å². The van der Waals surface area contributed by atoms with Crippen LogP contribution in [0.15, 0.2) is 24.3 Å². The predicted octanol–water partition coefficient (Wildman–Crippen LogP) is 0.753. The van der Waals surface area contributed by atoms with Crippen molar-refractivity contribution in [3.05, 3.63) is 35.4 Å². The molecule has 0 aliphatic heterocycles. The molecule has 0 bridgehead atoms. The molecule has 4 nitrogen and oxygen atoms in total. The predicted molar refractivity (Wildman–Crippen MR) is 59.3 cm³/mol. The number of hydrogen-bond acceptors (Lipinski definition) is 3. The molecule has 3 N–H and O–H groups in total. The number of rotatable bonds is 4. The Kier molecular flexibility index (Phi) is 3.84. The third kappa shape index (κ3) is 4.92. The molecule has 1 rings (SSSR count). The van der Waals surface area contributed by atoms with Gasteiger partial charge in [-0.3, -0.25) is 4.55 Å². The molecule has 0 radical (unpaired) electrons. The van der Waals surface area contributed by atoms with Crippen molar-refractivity contribution in [1.29, 1.82) is 0 Å². The van der Waals surface area contributed by atoms with Crippen LogP contribution in [0.1, 0.15) is 11.1 Å². The fourth-order valence-electron chi connectivity index (χ4n) is 1.36. The number of aryl methyl sites for hydroxylation is 1. The number of benzene rings is 1. The molecule has 1 aromatic carbocycles. The Bertz CT molecular complexity index is 411. The highest BCUT2D eigenvalue weighted by Gasteiger charge is 2.12. The third-order valence-corrected chi connectivity index (χ3v) is 2.89. The normalized spacial score (nSPS) is 13.8. The molecule has 0 saturated heterocycles. The molecule has 0 aromatic heterocycles. The molecule has 0 saturated carbocycles. The van der Waals surface area contributed by atoms with Crippen molar-refractivity contribution >= 4 is 10.1 Å². The van der Waals surface area contributed by atoms with E-state index in [0.29, 0.717) is 6.42 Å². The maximum atomic E-state index is 10.6. The smallest absolute Gasteiger partial charge is 0.266 e. The van der Waals surface area contributed by atoms with Gasteiger partial charge in [0.15, 0.2) is 0 Å². The van der Waals surface area contributed by atoms with Gasteiger partial charge in [0.2, 0.25) is 0 Å². The summed E-state index contributed by atoms with van der Waals surface area (Å²) in [6.07, 6.45) is 0.445. The Balaban J connectivity index is 2.59. The first-order valence-electron chi connectivity index (χ1n) is 4.63. The maximum absolute atomic E-state index is 10.6. The van der Waals surface area contributed by atoms with E-state index in [1.807, 2.05) is 31.2 Å². The summed E-state index contributed by atoms with van der Waals surface area (Å²) in [5, 5.41) is 0. The third-order valence-electron chi connectivity index (χ3n) is 2.04. The molecule has 84 valence electrons. The van der Waals surface area contributed by atoms with E-state index in [9.17, 15) is 8.42 Å². The lowest BCUT2D eigenvalue weighted by molar-refractivity contribution is 0.476. The van der Waals surface area contributed by atoms with Gasteiger partial charge in [-0.1, -0.05) is 29.8 Å². The van der Waals surface area contributed by atoms with Crippen LogP contribution in [0.5, 0.6) is 0 Å². The molecule has 0 amide bonds. The highest BCUT2D eigenvalue weighted by atomic mass is 32.2. The topological polar surface area (TPSA) is 80.4 Å². The summed E-state index contributed by atoms with van der Waals surface area (Å²) in [6.45, 7) is 1.97. The van der Waals surface area contributed by atoms with Gasteiger partial charge in [-0.05, 0) is 18.9 Å². The van der Waals surface area contributed by atoms with Crippen molar-refractivity contribution < 1.29 is 13.0 Å². The van der Waals surface area contributed by atoms with E-state index in [1.54, 1.807) is 0 Å². The van der Waals surface area contributed by atoms with Crippen molar-refractivity contribution in [2.24, 2.45) is 5.73 Å². The van der Waals surface area contributed by atoms with Crippen LogP contribution in [-0.2, 0) is 16.5 Å². The fourth-order valence-corrected chi connectivity index (χ4v) is 2.02. The van der Waals surface area contributed by atoms with Crippen LogP contribution in [0.2, 0.25) is 0 Å². The van der Waals surface area contributed by atoms with Crippen LogP contribution in [0, 0.1) is 6.92 Å². The molecule has 15 heavy (non-hydrogen) atoms. The molecule has 1 atom stereocenters. The van der Waals surface area contributed by atoms with Crippen LogP contribution >= 0.6 is 0 Å². The van der Waals surface area contributed by atoms with Gasteiger partial charge in [0, 0.05) is 6.04 Å². The van der Waals surface area contributed by atoms with E-state index in [1.165, 1.54) is 0 Å². The maximum Gasteiger partial charge on any atom is 0.266 e. The van der Waals surface area contributed by atoms with Gasteiger partial charge in [-0.25, -0.2) is 0 Å². The molecule has 0 fully saturated rings. The lowest BCUT2D eigenvalue weighted by Gasteiger charge is -2.09. The van der Waals surface area contributed by atoms with E-state index in [2.05, 4.69) is 0 Å². The minimum absolute atomic E-state index is 0.402. The summed E-state index contributed by atoms with van der Waals surface area (Å²) in [7, 11) is -3.98. The second-order valence-corrected chi connectivity index (χ2v) is 5.20. The summed E-state index contributed by atoms with van der Waals surface area (Å²) in [4.78, 5) is 0. The van der Waals surface area contributed by atoms with Crippen molar-refractivity contribution in [2.75, 3.05) is 5.75 Å². The Morgan fingerprint density at radius 1 is 1.33 bits per heavy atom. The summed E-state index contributed by atoms with van der Waals surface area (Å²) < 4.78 is 29.7. The second kappa shape index (κ2) is 4.74. The van der Waals surface area contributed by atoms with Gasteiger partial charge in [0.1, 0.15) is 0 Å². The van der Waals surface area contributed by atoms with Crippen LogP contribution in [0.3, 0.4) is 0 Å². The zero-order valence-corrected chi connectivity index (χ0v) is 9.37. The Labute approximate surface area is 89.9 Å². The van der Waals surface area contributed by atoms with Crippen LogP contribution in [0.4, 0.5) is 0 Å². The summed E-state index contributed by atoms with van der Waals surface area (Å²) in [5.41, 5.74) is 7.70. The van der Waals surface area contributed by atoms with Gasteiger partial charge in [0.05, 0.1) is 5.75 Å². The molecule has 0 unspecified atom stereocenters. The molecule has 0 aliphatic rings. The molecule has 0 spiro atoms. The Morgan fingerprint density at radius 3 is 2.33 bits per heavy atom. The quantitative estimate of drug-likeness (QED) is 0.747. The Hall–Kier alpha value is -0.910. The van der Waals surface area contributed by atoms with Crippen LogP contribution in [0.25, 0.3) is 0 Å². The first-order valence-corrected chi connectivity index (χ1v) is 6.24. The molecule has 0 aliphatic carbocycles. The van der Waals surface area contributed by atoms with Gasteiger partial charge in [-0.15, -0.1) is 0 Å². The highest BCUT2D eigenvalue weighted by molar-refractivity contribution is 7.85. The minimum atomic E-state index is -3.98. The largest absolute Gasteiger partial charge is 0.326 e. The average Bonchev–Trinajstić information content (AvgIpc) is 2.05. The van der Waals surface area contributed by atoms with E-state index < -0.39 is 21.9 Å². The van der Waals surface area contributed by atoms with Crippen molar-refractivity contribution in [1.82, 2.24) is 0 Å². The highest BCUT2D eigenvalue weighted by Crippen LogP contribution is 2.06. The molecular formula is C10H15NO3S. The van der Waals surface area contributed by atoms with Gasteiger partial charge in [-0.2, -0.15) is 8.42 Å². The standard InChI is InChI=1S/C10H15NO3S/c1-8-2-4-9(5-3-8)6-10(11)7-15(12,13)14/h2-5,10H,6-7,11H2,1H3,(H,12,13,14)/t10-/m0/s1. The van der Waals surface area contributed by atoms with E-state index in [4.69, 9.17) is 10.3 Å². The SMILES string of the molecule is Cc1ccc(C[C@H](N)CS(=O)(=O)O)cc1. The van der Waals surface area contributed by atoms with E-state index in [0.717, 1.165) is 11.1 Å². The molecular weight excluding hydrogens is 214 g/mol. The van der Waals surface area contributed by atoms with E-state index in [-0.39, 0.29) is 0 Å². The lowest BCUT2D eigenvalue weighted by Crippen LogP contribution is -2.31. The summed E-state index contributed by atoms with van der Waals surface area (Å²) in [5.74, 6) is -0.402. The zero-order valence-electron chi connectivity index (χ0n) is 8.55. The fraction of sp³-hybridized carbons (Fsp3) is 0.400. The average molecular weight is 229 g/mol. The monoisotopic (exact) mass is 229 g/mol. The van der Waals surface area contributed by atoms with Crippen molar-refractivity contribution in [3.8, 4) is 0 Å². The first kappa shape index (κ1) is 12.2. The first-order chi connectivity index (χ1) is 6.87. The van der Waals surface area contributed by atoms with Gasteiger partial charge < -0.3 is 5.73 Å². The van der Waals surface area contributed by atoms with E-state index >= 15 is 0 Å². The molecule has 5 heteroatoms. The second-order valence-electron chi connectivity index (χ2n) is 3.70. The minimum Gasteiger partial charge on any atom is -0.326 e. The van der Waals surface area contributed by atoms with Crippen molar-refractivity contribution in [2.45, 2.75) is 19.4 Å². The lowest BCUT2D eigenvalue weighted by atomic mass is 10.1. The van der Waals surface area contributed by atoms with Gasteiger partial charge in [0.25, 0.3) is 10.1 Å².